The van der Waals surface area contributed by atoms with E-state index in [1.807, 2.05) is 12.3 Å². The lowest BCUT2D eigenvalue weighted by Gasteiger charge is -2.06. The third-order valence-electron chi connectivity index (χ3n) is 2.09. The molecule has 17 heavy (non-hydrogen) atoms. The van der Waals surface area contributed by atoms with Crippen LogP contribution in [0.5, 0.6) is 0 Å². The zero-order chi connectivity index (χ0) is 12.9. The van der Waals surface area contributed by atoms with Gasteiger partial charge in [0.05, 0.1) is 12.3 Å². The smallest absolute Gasteiger partial charge is 0.365 e. The van der Waals surface area contributed by atoms with Gasteiger partial charge in [-0.15, -0.1) is 11.3 Å². The van der Waals surface area contributed by atoms with Crippen LogP contribution in [0.3, 0.4) is 0 Å². The number of rotatable bonds is 6. The molecule has 0 bridgehead atoms. The first-order chi connectivity index (χ1) is 7.90. The first kappa shape index (κ1) is 14.4. The van der Waals surface area contributed by atoms with E-state index in [0.717, 1.165) is 12.1 Å². The van der Waals surface area contributed by atoms with E-state index in [-0.39, 0.29) is 12.6 Å². The van der Waals surface area contributed by atoms with Crippen molar-refractivity contribution in [1.29, 1.82) is 0 Å². The fourth-order valence-corrected chi connectivity index (χ4v) is 1.92. The van der Waals surface area contributed by atoms with Crippen LogP contribution in [0, 0.1) is 0 Å². The molecule has 1 rings (SSSR count). The topological polar surface area (TPSA) is 48.1 Å². The van der Waals surface area contributed by atoms with Crippen LogP contribution in [-0.4, -0.2) is 23.8 Å². The fraction of sp³-hybridized carbons (Fsp3) is 0.700. The number of nitrogens with zero attached hydrogens (tertiary/aromatic N) is 1. The summed E-state index contributed by atoms with van der Waals surface area (Å²) < 4.78 is 40.0. The molecule has 0 amide bonds. The van der Waals surface area contributed by atoms with Crippen molar-refractivity contribution >= 4 is 11.3 Å². The van der Waals surface area contributed by atoms with E-state index in [2.05, 4.69) is 9.72 Å². The van der Waals surface area contributed by atoms with Gasteiger partial charge < -0.3 is 10.5 Å². The van der Waals surface area contributed by atoms with E-state index in [0.29, 0.717) is 11.4 Å². The second kappa shape index (κ2) is 6.32. The monoisotopic (exact) mass is 268 g/mol. The Balaban J connectivity index is 2.36. The molecule has 3 nitrogen and oxygen atoms in total. The van der Waals surface area contributed by atoms with E-state index in [4.69, 9.17) is 5.73 Å². The molecule has 7 heteroatoms. The fourth-order valence-electron chi connectivity index (χ4n) is 1.18. The lowest BCUT2D eigenvalue weighted by molar-refractivity contribution is -0.176. The Kier molecular flexibility index (Phi) is 5.35. The predicted octanol–water partition coefficient (Wildman–Crippen LogP) is 2.50. The molecule has 0 saturated heterocycles. The minimum atomic E-state index is -4.29. The summed E-state index contributed by atoms with van der Waals surface area (Å²) in [6.45, 7) is 0.631. The van der Waals surface area contributed by atoms with Crippen molar-refractivity contribution in [2.24, 2.45) is 5.73 Å². The summed E-state index contributed by atoms with van der Waals surface area (Å²) >= 11 is 1.29. The van der Waals surface area contributed by atoms with Gasteiger partial charge in [0.25, 0.3) is 0 Å². The summed E-state index contributed by atoms with van der Waals surface area (Å²) in [5.41, 5.74) is 6.57. The van der Waals surface area contributed by atoms with Crippen molar-refractivity contribution in [2.45, 2.75) is 38.6 Å². The molecule has 0 radical (unpaired) electrons. The number of thiazole rings is 1. The molecule has 98 valence electrons. The second-order valence-electron chi connectivity index (χ2n) is 3.71. The van der Waals surface area contributed by atoms with Gasteiger partial charge in [0.1, 0.15) is 11.6 Å². The van der Waals surface area contributed by atoms with E-state index in [1.54, 1.807) is 0 Å². The normalized spacial score (nSPS) is 13.9. The third-order valence-corrected chi connectivity index (χ3v) is 2.96. The van der Waals surface area contributed by atoms with Gasteiger partial charge in [-0.3, -0.25) is 0 Å². The first-order valence-electron chi connectivity index (χ1n) is 5.24. The first-order valence-corrected chi connectivity index (χ1v) is 6.12. The van der Waals surface area contributed by atoms with Crippen LogP contribution in [0.15, 0.2) is 5.38 Å². The summed E-state index contributed by atoms with van der Waals surface area (Å²) in [6, 6.07) is 0.0426. The van der Waals surface area contributed by atoms with Crippen LogP contribution >= 0.6 is 11.3 Å². The molecule has 1 unspecified atom stereocenters. The number of aromatic nitrogens is 1. The number of hydrogen-bond donors (Lipinski definition) is 1. The Hall–Kier alpha value is -0.660. The van der Waals surface area contributed by atoms with Gasteiger partial charge in [-0.1, -0.05) is 6.92 Å². The van der Waals surface area contributed by atoms with Gasteiger partial charge in [0, 0.05) is 17.8 Å². The molecule has 1 heterocycles. The summed E-state index contributed by atoms with van der Waals surface area (Å²) in [6.07, 6.45) is -2.80. The van der Waals surface area contributed by atoms with Crippen LogP contribution < -0.4 is 5.73 Å². The Labute approximate surface area is 102 Å². The highest BCUT2D eigenvalue weighted by atomic mass is 32.1. The lowest BCUT2D eigenvalue weighted by atomic mass is 10.1. The van der Waals surface area contributed by atoms with E-state index < -0.39 is 12.8 Å². The zero-order valence-electron chi connectivity index (χ0n) is 9.46. The van der Waals surface area contributed by atoms with Crippen molar-refractivity contribution < 1.29 is 17.9 Å². The molecular weight excluding hydrogens is 253 g/mol. The second-order valence-corrected chi connectivity index (χ2v) is 4.66. The van der Waals surface area contributed by atoms with Crippen molar-refractivity contribution in [3.8, 4) is 0 Å². The van der Waals surface area contributed by atoms with Crippen molar-refractivity contribution in [3.05, 3.63) is 16.1 Å². The van der Waals surface area contributed by atoms with Crippen molar-refractivity contribution in [1.82, 2.24) is 4.98 Å². The van der Waals surface area contributed by atoms with E-state index in [9.17, 15) is 13.2 Å². The van der Waals surface area contributed by atoms with E-state index in [1.165, 1.54) is 11.3 Å². The largest absolute Gasteiger partial charge is 0.411 e. The van der Waals surface area contributed by atoms with Gasteiger partial charge in [-0.2, -0.15) is 13.2 Å². The SMILES string of the molecule is CCC(N)Cc1csc(COCC(F)(F)F)n1. The Bertz CT molecular complexity index is 341. The minimum Gasteiger partial charge on any atom is -0.365 e. The number of alkyl halides is 3. The van der Waals surface area contributed by atoms with Gasteiger partial charge >= 0.3 is 6.18 Å². The highest BCUT2D eigenvalue weighted by Crippen LogP contribution is 2.17. The highest BCUT2D eigenvalue weighted by Gasteiger charge is 2.27. The van der Waals surface area contributed by atoms with Crippen LogP contribution in [-0.2, 0) is 17.8 Å². The molecule has 0 fully saturated rings. The average molecular weight is 268 g/mol. The molecule has 0 spiro atoms. The average Bonchev–Trinajstić information content (AvgIpc) is 2.63. The molecule has 1 atom stereocenters. The van der Waals surface area contributed by atoms with Crippen LogP contribution in [0.4, 0.5) is 13.2 Å². The van der Waals surface area contributed by atoms with Crippen LogP contribution in [0.2, 0.25) is 0 Å². The number of halogens is 3. The van der Waals surface area contributed by atoms with Crippen molar-refractivity contribution in [2.75, 3.05) is 6.61 Å². The summed E-state index contributed by atoms with van der Waals surface area (Å²) in [5, 5.41) is 2.36. The Morgan fingerprint density at radius 3 is 2.82 bits per heavy atom. The quantitative estimate of drug-likeness (QED) is 0.862. The minimum absolute atomic E-state index is 0.0426. The summed E-state index contributed by atoms with van der Waals surface area (Å²) in [7, 11) is 0. The maximum absolute atomic E-state index is 11.8. The molecule has 0 aliphatic rings. The maximum atomic E-state index is 11.8. The number of nitrogens with two attached hydrogens (primary N) is 1. The van der Waals surface area contributed by atoms with Gasteiger partial charge in [-0.25, -0.2) is 4.98 Å². The van der Waals surface area contributed by atoms with Gasteiger partial charge in [-0.05, 0) is 6.42 Å². The molecular formula is C10H15F3N2OS. The molecule has 0 aliphatic heterocycles. The zero-order valence-corrected chi connectivity index (χ0v) is 10.3. The van der Waals surface area contributed by atoms with Gasteiger partial charge in [0.2, 0.25) is 0 Å². The molecule has 0 saturated carbocycles. The molecule has 0 aliphatic carbocycles. The predicted molar refractivity (Wildman–Crippen MR) is 59.8 cm³/mol. The number of hydrogen-bond acceptors (Lipinski definition) is 4. The van der Waals surface area contributed by atoms with Crippen LogP contribution in [0.25, 0.3) is 0 Å². The van der Waals surface area contributed by atoms with E-state index >= 15 is 0 Å². The Morgan fingerprint density at radius 1 is 1.53 bits per heavy atom. The molecule has 2 N–H and O–H groups in total. The summed E-state index contributed by atoms with van der Waals surface area (Å²) in [4.78, 5) is 4.16. The van der Waals surface area contributed by atoms with Crippen molar-refractivity contribution in [3.63, 3.8) is 0 Å². The summed E-state index contributed by atoms with van der Waals surface area (Å²) in [5.74, 6) is 0. The van der Waals surface area contributed by atoms with Gasteiger partial charge in [0.15, 0.2) is 0 Å². The lowest BCUT2D eigenvalue weighted by Crippen LogP contribution is -2.21. The third kappa shape index (κ3) is 5.99. The Morgan fingerprint density at radius 2 is 2.24 bits per heavy atom. The molecule has 1 aromatic heterocycles. The molecule has 1 aromatic rings. The molecule has 0 aromatic carbocycles. The standard InChI is InChI=1S/C10H15F3N2OS/c1-2-7(14)3-8-5-17-9(15-8)4-16-6-10(11,12)13/h5,7H,2-4,6,14H2,1H3. The maximum Gasteiger partial charge on any atom is 0.411 e. The number of ether oxygens (including phenoxy) is 1. The van der Waals surface area contributed by atoms with Crippen LogP contribution in [0.1, 0.15) is 24.0 Å². The highest BCUT2D eigenvalue weighted by molar-refractivity contribution is 7.09.